The molecule has 1 N–H and O–H groups in total. The van der Waals surface area contributed by atoms with E-state index in [1.807, 2.05) is 19.1 Å². The first-order chi connectivity index (χ1) is 8.65. The van der Waals surface area contributed by atoms with Crippen molar-refractivity contribution >= 4 is 11.6 Å². The van der Waals surface area contributed by atoms with E-state index in [0.717, 1.165) is 18.5 Å². The molecule has 0 aliphatic heterocycles. The predicted octanol–water partition coefficient (Wildman–Crippen LogP) is 3.72. The summed E-state index contributed by atoms with van der Waals surface area (Å²) in [7, 11) is 0. The number of hydrogen-bond donors (Lipinski definition) is 1. The van der Waals surface area contributed by atoms with E-state index in [-0.39, 0.29) is 16.9 Å². The summed E-state index contributed by atoms with van der Waals surface area (Å²) in [6, 6.07) is 4.92. The fourth-order valence-corrected chi connectivity index (χ4v) is 1.63. The molecule has 18 heavy (non-hydrogen) atoms. The van der Waals surface area contributed by atoms with Crippen LogP contribution in [0.15, 0.2) is 30.9 Å². The van der Waals surface area contributed by atoms with Gasteiger partial charge in [0.15, 0.2) is 0 Å². The first-order valence-corrected chi connectivity index (χ1v) is 6.40. The van der Waals surface area contributed by atoms with Crippen molar-refractivity contribution in [3.8, 4) is 0 Å². The van der Waals surface area contributed by atoms with Crippen LogP contribution in [0.4, 0.5) is 4.39 Å². The molecule has 0 radical (unpaired) electrons. The van der Waals surface area contributed by atoms with Crippen LogP contribution in [0.3, 0.4) is 0 Å². The zero-order valence-corrected chi connectivity index (χ0v) is 11.3. The molecule has 0 fully saturated rings. The van der Waals surface area contributed by atoms with E-state index in [2.05, 4.69) is 11.9 Å². The van der Waals surface area contributed by atoms with Crippen molar-refractivity contribution in [2.45, 2.75) is 19.4 Å². The predicted molar refractivity (Wildman–Crippen MR) is 73.5 cm³/mol. The third-order valence-corrected chi connectivity index (χ3v) is 2.91. The molecule has 1 atom stereocenters. The molecule has 0 amide bonds. The van der Waals surface area contributed by atoms with Gasteiger partial charge in [-0.1, -0.05) is 23.7 Å². The van der Waals surface area contributed by atoms with Gasteiger partial charge < -0.3 is 10.1 Å². The molecule has 0 spiro atoms. The van der Waals surface area contributed by atoms with Gasteiger partial charge in [0.05, 0.1) is 18.2 Å². The van der Waals surface area contributed by atoms with Crippen molar-refractivity contribution in [2.75, 3.05) is 19.8 Å². The Hall–Kier alpha value is -0.900. The van der Waals surface area contributed by atoms with E-state index in [1.165, 1.54) is 6.07 Å². The molecule has 0 bridgehead atoms. The number of ether oxygens (including phenoxy) is 1. The summed E-state index contributed by atoms with van der Waals surface area (Å²) in [6.45, 7) is 7.65. The molecule has 1 rings (SSSR count). The topological polar surface area (TPSA) is 21.3 Å². The van der Waals surface area contributed by atoms with E-state index in [0.29, 0.717) is 13.2 Å². The Labute approximate surface area is 113 Å². The maximum Gasteiger partial charge on any atom is 0.142 e. The number of nitrogens with one attached hydrogen (secondary N) is 1. The minimum absolute atomic E-state index is 0.0692. The van der Waals surface area contributed by atoms with Crippen LogP contribution in [0, 0.1) is 5.82 Å². The van der Waals surface area contributed by atoms with Crippen molar-refractivity contribution in [1.82, 2.24) is 5.32 Å². The molecule has 0 aliphatic carbocycles. The fraction of sp³-hybridized carbons (Fsp3) is 0.429. The molecule has 1 aromatic carbocycles. The number of rotatable bonds is 8. The van der Waals surface area contributed by atoms with Crippen LogP contribution in [-0.4, -0.2) is 19.8 Å². The summed E-state index contributed by atoms with van der Waals surface area (Å²) >= 11 is 5.64. The molecule has 0 aromatic heterocycles. The molecular weight excluding hydrogens is 253 g/mol. The summed E-state index contributed by atoms with van der Waals surface area (Å²) < 4.78 is 18.6. The van der Waals surface area contributed by atoms with Crippen molar-refractivity contribution in [2.24, 2.45) is 0 Å². The van der Waals surface area contributed by atoms with Gasteiger partial charge in [-0.25, -0.2) is 4.39 Å². The second kappa shape index (κ2) is 8.25. The van der Waals surface area contributed by atoms with Crippen LogP contribution in [0.2, 0.25) is 5.02 Å². The molecule has 1 unspecified atom stereocenters. The van der Waals surface area contributed by atoms with Crippen LogP contribution in [0.5, 0.6) is 0 Å². The molecule has 2 nitrogen and oxygen atoms in total. The van der Waals surface area contributed by atoms with Crippen LogP contribution >= 0.6 is 11.6 Å². The maximum absolute atomic E-state index is 13.3. The van der Waals surface area contributed by atoms with Crippen LogP contribution in [-0.2, 0) is 4.74 Å². The van der Waals surface area contributed by atoms with Crippen molar-refractivity contribution in [3.05, 3.63) is 47.3 Å². The van der Waals surface area contributed by atoms with Gasteiger partial charge in [0.25, 0.3) is 0 Å². The SMILES string of the molecule is C=CCCOCCNC(C)c1ccc(Cl)c(F)c1. The molecule has 0 heterocycles. The van der Waals surface area contributed by atoms with Gasteiger partial charge in [-0.3, -0.25) is 0 Å². The number of hydrogen-bond acceptors (Lipinski definition) is 2. The highest BCUT2D eigenvalue weighted by Gasteiger charge is 2.07. The third kappa shape index (κ3) is 5.17. The van der Waals surface area contributed by atoms with E-state index in [9.17, 15) is 4.39 Å². The minimum Gasteiger partial charge on any atom is -0.380 e. The second-order valence-corrected chi connectivity index (χ2v) is 4.45. The van der Waals surface area contributed by atoms with Gasteiger partial charge in [-0.2, -0.15) is 0 Å². The van der Waals surface area contributed by atoms with Crippen molar-refractivity contribution in [1.29, 1.82) is 0 Å². The summed E-state index contributed by atoms with van der Waals surface area (Å²) in [5.41, 5.74) is 0.878. The average Bonchev–Trinajstić information content (AvgIpc) is 2.36. The van der Waals surface area contributed by atoms with E-state index < -0.39 is 0 Å². The minimum atomic E-state index is -0.384. The highest BCUT2D eigenvalue weighted by Crippen LogP contribution is 2.19. The van der Waals surface area contributed by atoms with Gasteiger partial charge in [-0.05, 0) is 31.0 Å². The standard InChI is InChI=1S/C14H19ClFNO/c1-3-4-8-18-9-7-17-11(2)12-5-6-13(15)14(16)10-12/h3,5-6,10-11,17H,1,4,7-9H2,2H3. The highest BCUT2D eigenvalue weighted by atomic mass is 35.5. The highest BCUT2D eigenvalue weighted by molar-refractivity contribution is 6.30. The lowest BCUT2D eigenvalue weighted by atomic mass is 10.1. The summed E-state index contributed by atoms with van der Waals surface area (Å²) in [4.78, 5) is 0. The zero-order valence-electron chi connectivity index (χ0n) is 10.6. The van der Waals surface area contributed by atoms with Crippen molar-refractivity contribution < 1.29 is 9.13 Å². The molecule has 0 saturated heterocycles. The maximum atomic E-state index is 13.3. The van der Waals surface area contributed by atoms with E-state index in [4.69, 9.17) is 16.3 Å². The average molecular weight is 272 g/mol. The number of benzene rings is 1. The van der Waals surface area contributed by atoms with E-state index >= 15 is 0 Å². The summed E-state index contributed by atoms with van der Waals surface area (Å²) in [5.74, 6) is -0.384. The Morgan fingerprint density at radius 1 is 1.50 bits per heavy atom. The Bertz CT molecular complexity index is 384. The second-order valence-electron chi connectivity index (χ2n) is 4.04. The first kappa shape index (κ1) is 15.2. The molecule has 100 valence electrons. The molecule has 0 saturated carbocycles. The zero-order chi connectivity index (χ0) is 13.4. The Morgan fingerprint density at radius 3 is 2.94 bits per heavy atom. The summed E-state index contributed by atoms with van der Waals surface area (Å²) in [6.07, 6.45) is 2.69. The first-order valence-electron chi connectivity index (χ1n) is 6.02. The lowest BCUT2D eigenvalue weighted by Crippen LogP contribution is -2.23. The molecule has 1 aromatic rings. The normalized spacial score (nSPS) is 12.4. The Balaban J connectivity index is 2.29. The molecule has 0 aliphatic rings. The van der Waals surface area contributed by atoms with Gasteiger partial charge in [-0.15, -0.1) is 6.58 Å². The van der Waals surface area contributed by atoms with E-state index in [1.54, 1.807) is 6.07 Å². The quantitative estimate of drug-likeness (QED) is 0.575. The van der Waals surface area contributed by atoms with Gasteiger partial charge in [0.1, 0.15) is 5.82 Å². The van der Waals surface area contributed by atoms with Gasteiger partial charge >= 0.3 is 0 Å². The monoisotopic (exact) mass is 271 g/mol. The van der Waals surface area contributed by atoms with Gasteiger partial charge in [0.2, 0.25) is 0 Å². The smallest absolute Gasteiger partial charge is 0.142 e. The van der Waals surface area contributed by atoms with Crippen LogP contribution in [0.1, 0.15) is 24.9 Å². The number of halogens is 2. The van der Waals surface area contributed by atoms with Crippen molar-refractivity contribution in [3.63, 3.8) is 0 Å². The largest absolute Gasteiger partial charge is 0.380 e. The van der Waals surface area contributed by atoms with Gasteiger partial charge in [0, 0.05) is 12.6 Å². The lowest BCUT2D eigenvalue weighted by molar-refractivity contribution is 0.138. The molecular formula is C14H19ClFNO. The molecule has 4 heteroatoms. The lowest BCUT2D eigenvalue weighted by Gasteiger charge is -2.14. The van der Waals surface area contributed by atoms with Crippen LogP contribution < -0.4 is 5.32 Å². The Kier molecular flexibility index (Phi) is 6.94. The third-order valence-electron chi connectivity index (χ3n) is 2.61. The Morgan fingerprint density at radius 2 is 2.28 bits per heavy atom. The summed E-state index contributed by atoms with van der Waals surface area (Å²) in [5, 5.41) is 3.41. The van der Waals surface area contributed by atoms with Crippen LogP contribution in [0.25, 0.3) is 0 Å². The fourth-order valence-electron chi connectivity index (χ4n) is 1.52.